The highest BCUT2D eigenvalue weighted by Crippen LogP contribution is 2.21. The zero-order valence-corrected chi connectivity index (χ0v) is 8.12. The minimum absolute atomic E-state index is 0.0507. The lowest BCUT2D eigenvalue weighted by molar-refractivity contribution is 0.202. The first-order valence-electron chi connectivity index (χ1n) is 5.09. The van der Waals surface area contributed by atoms with Crippen molar-refractivity contribution in [2.24, 2.45) is 5.73 Å². The van der Waals surface area contributed by atoms with E-state index in [1.165, 1.54) is 0 Å². The van der Waals surface area contributed by atoms with E-state index in [1.807, 2.05) is 0 Å². The van der Waals surface area contributed by atoms with Crippen molar-refractivity contribution in [1.29, 1.82) is 5.41 Å². The van der Waals surface area contributed by atoms with Gasteiger partial charge in [0.2, 0.25) is 0 Å². The lowest BCUT2D eigenvalue weighted by atomic mass is 10.2. The number of amidine groups is 1. The number of nitrogens with two attached hydrogens (primary N) is 1. The number of rotatable bonds is 2. The molecule has 1 aliphatic heterocycles. The Balaban J connectivity index is 1.93. The van der Waals surface area contributed by atoms with E-state index in [1.54, 1.807) is 4.90 Å². The molecular formula is C9H16N4O. The Bertz CT molecular complexity index is 262. The Morgan fingerprint density at radius 2 is 2.14 bits per heavy atom. The zero-order valence-electron chi connectivity index (χ0n) is 8.12. The van der Waals surface area contributed by atoms with Crippen LogP contribution in [0.2, 0.25) is 0 Å². The lowest BCUT2D eigenvalue weighted by Gasteiger charge is -2.23. The molecule has 1 saturated carbocycles. The molecule has 1 saturated heterocycles. The van der Waals surface area contributed by atoms with Crippen LogP contribution in [0.3, 0.4) is 0 Å². The van der Waals surface area contributed by atoms with Crippen molar-refractivity contribution in [2.45, 2.75) is 37.8 Å². The predicted molar refractivity (Wildman–Crippen MR) is 53.2 cm³/mol. The van der Waals surface area contributed by atoms with Gasteiger partial charge in [0, 0.05) is 12.6 Å². The third-order valence-corrected chi connectivity index (χ3v) is 2.78. The second-order valence-corrected chi connectivity index (χ2v) is 4.03. The Hall–Kier alpha value is -1.26. The second-order valence-electron chi connectivity index (χ2n) is 4.03. The van der Waals surface area contributed by atoms with E-state index in [-0.39, 0.29) is 17.9 Å². The quantitative estimate of drug-likeness (QED) is 0.437. The molecule has 5 heteroatoms. The molecule has 1 heterocycles. The summed E-state index contributed by atoms with van der Waals surface area (Å²) in [5, 5.41) is 10.3. The minimum Gasteiger partial charge on any atom is -0.386 e. The summed E-state index contributed by atoms with van der Waals surface area (Å²) in [4.78, 5) is 13.4. The van der Waals surface area contributed by atoms with Crippen molar-refractivity contribution in [3.8, 4) is 0 Å². The van der Waals surface area contributed by atoms with E-state index in [0.717, 1.165) is 32.2 Å². The van der Waals surface area contributed by atoms with Gasteiger partial charge in [0.1, 0.15) is 5.84 Å². The van der Waals surface area contributed by atoms with Gasteiger partial charge in [0.15, 0.2) is 0 Å². The molecule has 2 aliphatic rings. The number of nitrogens with zero attached hydrogens (tertiary/aromatic N) is 1. The molecule has 1 aliphatic carbocycles. The molecular weight excluding hydrogens is 180 g/mol. The van der Waals surface area contributed by atoms with Crippen LogP contribution in [0, 0.1) is 5.41 Å². The van der Waals surface area contributed by atoms with Gasteiger partial charge in [-0.2, -0.15) is 0 Å². The van der Waals surface area contributed by atoms with Crippen LogP contribution in [0.15, 0.2) is 0 Å². The molecule has 0 spiro atoms. The number of amides is 2. The average Bonchev–Trinajstić information content (AvgIpc) is 2.81. The summed E-state index contributed by atoms with van der Waals surface area (Å²) in [6.45, 7) is 0.725. The molecule has 78 valence electrons. The molecule has 1 atom stereocenters. The molecule has 2 fully saturated rings. The maximum Gasteiger partial charge on any atom is 0.318 e. The topological polar surface area (TPSA) is 82.2 Å². The molecule has 14 heavy (non-hydrogen) atoms. The van der Waals surface area contributed by atoms with Crippen LogP contribution in [-0.4, -0.2) is 35.4 Å². The minimum atomic E-state index is -0.172. The van der Waals surface area contributed by atoms with Gasteiger partial charge in [-0.15, -0.1) is 0 Å². The van der Waals surface area contributed by atoms with Gasteiger partial charge in [-0.05, 0) is 25.7 Å². The summed E-state index contributed by atoms with van der Waals surface area (Å²) < 4.78 is 0. The Kier molecular flexibility index (Phi) is 2.31. The molecule has 0 aromatic carbocycles. The van der Waals surface area contributed by atoms with E-state index in [4.69, 9.17) is 11.1 Å². The van der Waals surface area contributed by atoms with Gasteiger partial charge in [-0.3, -0.25) is 5.41 Å². The number of carbonyl (C=O) groups is 1. The SMILES string of the molecule is N=C(N)C1CCCN1C(=O)NC1CC1. The van der Waals surface area contributed by atoms with Crippen LogP contribution < -0.4 is 11.1 Å². The molecule has 2 amide bonds. The van der Waals surface area contributed by atoms with Crippen LogP contribution in [-0.2, 0) is 0 Å². The highest BCUT2D eigenvalue weighted by atomic mass is 16.2. The zero-order chi connectivity index (χ0) is 10.1. The highest BCUT2D eigenvalue weighted by Gasteiger charge is 2.33. The van der Waals surface area contributed by atoms with Crippen LogP contribution in [0.25, 0.3) is 0 Å². The van der Waals surface area contributed by atoms with Crippen LogP contribution in [0.1, 0.15) is 25.7 Å². The largest absolute Gasteiger partial charge is 0.386 e. The third-order valence-electron chi connectivity index (χ3n) is 2.78. The number of likely N-dealkylation sites (tertiary alicyclic amines) is 1. The molecule has 0 bridgehead atoms. The molecule has 2 rings (SSSR count). The first-order valence-corrected chi connectivity index (χ1v) is 5.09. The van der Waals surface area contributed by atoms with Crippen molar-refractivity contribution in [3.05, 3.63) is 0 Å². The van der Waals surface area contributed by atoms with Gasteiger partial charge >= 0.3 is 6.03 Å². The third kappa shape index (κ3) is 1.81. The van der Waals surface area contributed by atoms with Crippen LogP contribution >= 0.6 is 0 Å². The Morgan fingerprint density at radius 1 is 1.43 bits per heavy atom. The van der Waals surface area contributed by atoms with Crippen molar-refractivity contribution in [1.82, 2.24) is 10.2 Å². The first kappa shape index (κ1) is 9.30. The first-order chi connectivity index (χ1) is 6.68. The molecule has 0 aromatic heterocycles. The number of hydrogen-bond acceptors (Lipinski definition) is 2. The summed E-state index contributed by atoms with van der Waals surface area (Å²) in [6, 6.07) is 0.148. The van der Waals surface area contributed by atoms with Gasteiger partial charge < -0.3 is 16.0 Å². The number of carbonyl (C=O) groups excluding carboxylic acids is 1. The predicted octanol–water partition coefficient (Wildman–Crippen LogP) is 0.259. The Morgan fingerprint density at radius 3 is 2.71 bits per heavy atom. The Labute approximate surface area is 83.1 Å². The van der Waals surface area contributed by atoms with Crippen molar-refractivity contribution >= 4 is 11.9 Å². The van der Waals surface area contributed by atoms with Gasteiger partial charge in [0.25, 0.3) is 0 Å². The summed E-state index contributed by atoms with van der Waals surface area (Å²) in [5.41, 5.74) is 5.43. The number of nitrogens with one attached hydrogen (secondary N) is 2. The van der Waals surface area contributed by atoms with Crippen molar-refractivity contribution in [2.75, 3.05) is 6.54 Å². The molecule has 0 aromatic rings. The normalized spacial score (nSPS) is 26.3. The van der Waals surface area contributed by atoms with E-state index >= 15 is 0 Å². The van der Waals surface area contributed by atoms with E-state index < -0.39 is 0 Å². The fourth-order valence-corrected chi connectivity index (χ4v) is 1.82. The summed E-state index contributed by atoms with van der Waals surface area (Å²) in [5.74, 6) is 0.105. The molecule has 5 nitrogen and oxygen atoms in total. The van der Waals surface area contributed by atoms with Gasteiger partial charge in [0.05, 0.1) is 6.04 Å². The molecule has 1 unspecified atom stereocenters. The fraction of sp³-hybridized carbons (Fsp3) is 0.778. The highest BCUT2D eigenvalue weighted by molar-refractivity contribution is 5.88. The summed E-state index contributed by atoms with van der Waals surface area (Å²) in [7, 11) is 0. The number of hydrogen-bond donors (Lipinski definition) is 3. The monoisotopic (exact) mass is 196 g/mol. The van der Waals surface area contributed by atoms with Gasteiger partial charge in [-0.25, -0.2) is 4.79 Å². The van der Waals surface area contributed by atoms with E-state index in [0.29, 0.717) is 6.04 Å². The molecule has 4 N–H and O–H groups in total. The van der Waals surface area contributed by atoms with Crippen LogP contribution in [0.5, 0.6) is 0 Å². The van der Waals surface area contributed by atoms with Crippen molar-refractivity contribution < 1.29 is 4.79 Å². The lowest BCUT2D eigenvalue weighted by Crippen LogP contribution is -2.48. The fourth-order valence-electron chi connectivity index (χ4n) is 1.82. The molecule has 0 radical (unpaired) electrons. The maximum atomic E-state index is 11.7. The van der Waals surface area contributed by atoms with E-state index in [2.05, 4.69) is 5.32 Å². The van der Waals surface area contributed by atoms with Crippen molar-refractivity contribution in [3.63, 3.8) is 0 Å². The second kappa shape index (κ2) is 3.48. The summed E-state index contributed by atoms with van der Waals surface area (Å²) >= 11 is 0. The summed E-state index contributed by atoms with van der Waals surface area (Å²) in [6.07, 6.45) is 3.95. The average molecular weight is 196 g/mol. The number of urea groups is 1. The van der Waals surface area contributed by atoms with E-state index in [9.17, 15) is 4.79 Å². The standard InChI is InChI=1S/C9H16N4O/c10-8(11)7-2-1-5-13(7)9(14)12-6-3-4-6/h6-7H,1-5H2,(H3,10,11)(H,12,14). The maximum absolute atomic E-state index is 11.7. The van der Waals surface area contributed by atoms with Crippen LogP contribution in [0.4, 0.5) is 4.79 Å². The smallest absolute Gasteiger partial charge is 0.318 e. The van der Waals surface area contributed by atoms with Gasteiger partial charge in [-0.1, -0.05) is 0 Å².